The van der Waals surface area contributed by atoms with Crippen LogP contribution >= 0.6 is 10.3 Å². The zero-order valence-corrected chi connectivity index (χ0v) is 27.0. The highest BCUT2D eigenvalue weighted by molar-refractivity contribution is 8.33. The Labute approximate surface area is 257 Å². The lowest BCUT2D eigenvalue weighted by Crippen LogP contribution is -2.24. The average Bonchev–Trinajstić information content (AvgIpc) is 3.01. The van der Waals surface area contributed by atoms with Gasteiger partial charge < -0.3 is 19.3 Å². The third-order valence-corrected chi connectivity index (χ3v) is 12.6. The number of rotatable bonds is 10. The molecule has 4 aromatic carbocycles. The number of hydrogen-bond acceptors (Lipinski definition) is 7. The van der Waals surface area contributed by atoms with Crippen molar-refractivity contribution < 1.29 is 21.5 Å². The van der Waals surface area contributed by atoms with Crippen LogP contribution in [0.15, 0.2) is 117 Å². The van der Waals surface area contributed by atoms with E-state index in [1.807, 2.05) is 118 Å². The number of benzene rings is 4. The van der Waals surface area contributed by atoms with Crippen LogP contribution in [0.5, 0.6) is 5.75 Å². The standard InChI is InChI=1S/C34H40N2O5S2/c1-26-9-17-33(18-10-26)43(37,38)41-42(30-19-11-27(12-20-30)35(2)3,31-21-13-28(14-22-31)36(4)5)32-23-15-29(16-24-32)40-34-8-6-7-25-39-34/h9-24,34H,6-8,25H2,1-5H3. The predicted octanol–water partition coefficient (Wildman–Crippen LogP) is 7.63. The molecule has 0 radical (unpaired) electrons. The molecular formula is C34H40N2O5S2. The van der Waals surface area contributed by atoms with Gasteiger partial charge >= 0.3 is 10.1 Å². The smallest absolute Gasteiger partial charge is 0.307 e. The lowest BCUT2D eigenvalue weighted by atomic mass is 10.2. The molecule has 0 spiro atoms. The van der Waals surface area contributed by atoms with E-state index in [-0.39, 0.29) is 11.2 Å². The van der Waals surface area contributed by atoms with Crippen molar-refractivity contribution in [1.29, 1.82) is 0 Å². The first-order chi connectivity index (χ1) is 20.6. The van der Waals surface area contributed by atoms with Crippen LogP contribution in [0.1, 0.15) is 24.8 Å². The van der Waals surface area contributed by atoms with Crippen LogP contribution in [-0.4, -0.2) is 49.5 Å². The Morgan fingerprint density at radius 2 is 1.12 bits per heavy atom. The second kappa shape index (κ2) is 13.0. The molecule has 0 saturated carbocycles. The first-order valence-corrected chi connectivity index (χ1v) is 17.3. The molecular weight excluding hydrogens is 581 g/mol. The van der Waals surface area contributed by atoms with E-state index in [4.69, 9.17) is 13.1 Å². The molecule has 228 valence electrons. The van der Waals surface area contributed by atoms with Gasteiger partial charge in [0.05, 0.1) is 11.5 Å². The Morgan fingerprint density at radius 1 is 0.651 bits per heavy atom. The summed E-state index contributed by atoms with van der Waals surface area (Å²) in [4.78, 5) is 6.38. The number of aryl methyl sites for hydroxylation is 1. The number of nitrogens with zero attached hydrogens (tertiary/aromatic N) is 2. The second-order valence-corrected chi connectivity index (χ2v) is 15.5. The Bertz CT molecular complexity index is 1550. The van der Waals surface area contributed by atoms with E-state index in [1.54, 1.807) is 24.3 Å². The Hall–Kier alpha value is -3.50. The van der Waals surface area contributed by atoms with Crippen molar-refractivity contribution in [2.75, 3.05) is 44.6 Å². The molecule has 1 unspecified atom stereocenters. The summed E-state index contributed by atoms with van der Waals surface area (Å²) in [7, 11) is 0.903. The molecule has 9 heteroatoms. The summed E-state index contributed by atoms with van der Waals surface area (Å²) in [6.45, 7) is 2.61. The van der Waals surface area contributed by atoms with Crippen LogP contribution < -0.4 is 14.5 Å². The van der Waals surface area contributed by atoms with Crippen molar-refractivity contribution in [1.82, 2.24) is 0 Å². The molecule has 1 saturated heterocycles. The molecule has 0 N–H and O–H groups in total. The topological polar surface area (TPSA) is 68.3 Å². The fraction of sp³-hybridized carbons (Fsp3) is 0.294. The maximum Gasteiger partial charge on any atom is 0.307 e. The van der Waals surface area contributed by atoms with Crippen molar-refractivity contribution in [2.45, 2.75) is 52.1 Å². The summed E-state index contributed by atoms with van der Waals surface area (Å²) in [5, 5.41) is 0. The van der Waals surface area contributed by atoms with Gasteiger partial charge in [-0.3, -0.25) is 0 Å². The van der Waals surface area contributed by atoms with Gasteiger partial charge in [0.25, 0.3) is 0 Å². The summed E-state index contributed by atoms with van der Waals surface area (Å²) in [5.74, 6) is 0.663. The Balaban J connectivity index is 1.69. The SMILES string of the molecule is Cc1ccc(S(=O)(=O)OS(c2ccc(OC3CCCCO3)cc2)(c2ccc(N(C)C)cc2)c2ccc(N(C)C)cc2)cc1. The normalized spacial score (nSPS) is 16.0. The van der Waals surface area contributed by atoms with Crippen molar-refractivity contribution in [3.05, 3.63) is 103 Å². The summed E-state index contributed by atoms with van der Waals surface area (Å²) in [6, 6.07) is 30.2. The quantitative estimate of drug-likeness (QED) is 0.181. The molecule has 0 aromatic heterocycles. The lowest BCUT2D eigenvalue weighted by molar-refractivity contribution is -0.105. The predicted molar refractivity (Wildman–Crippen MR) is 174 cm³/mol. The third kappa shape index (κ3) is 6.86. The molecule has 5 rings (SSSR count). The molecule has 1 heterocycles. The molecule has 1 aliphatic heterocycles. The van der Waals surface area contributed by atoms with Crippen LogP contribution in [0.3, 0.4) is 0 Å². The zero-order valence-electron chi connectivity index (χ0n) is 25.4. The van der Waals surface area contributed by atoms with Gasteiger partial charge in [0.2, 0.25) is 0 Å². The van der Waals surface area contributed by atoms with E-state index in [0.29, 0.717) is 12.4 Å². The fourth-order valence-electron chi connectivity index (χ4n) is 4.94. The largest absolute Gasteiger partial charge is 0.465 e. The van der Waals surface area contributed by atoms with Crippen molar-refractivity contribution >= 4 is 31.8 Å². The summed E-state index contributed by atoms with van der Waals surface area (Å²) in [6.07, 6.45) is 2.65. The second-order valence-electron chi connectivity index (χ2n) is 11.1. The first kappa shape index (κ1) is 30.9. The molecule has 4 aromatic rings. The van der Waals surface area contributed by atoms with Crippen LogP contribution in [-0.2, 0) is 18.5 Å². The van der Waals surface area contributed by atoms with E-state index in [0.717, 1.165) is 50.9 Å². The van der Waals surface area contributed by atoms with Gasteiger partial charge in [0.1, 0.15) is 5.75 Å². The highest BCUT2D eigenvalue weighted by Crippen LogP contribution is 2.70. The minimum atomic E-state index is -4.20. The summed E-state index contributed by atoms with van der Waals surface area (Å²) >= 11 is 0. The molecule has 0 aliphatic carbocycles. The molecule has 0 bridgehead atoms. The lowest BCUT2D eigenvalue weighted by Gasteiger charge is -2.40. The highest BCUT2D eigenvalue weighted by Gasteiger charge is 2.38. The van der Waals surface area contributed by atoms with Gasteiger partial charge in [-0.25, -0.2) is 3.63 Å². The molecule has 1 aliphatic rings. The van der Waals surface area contributed by atoms with E-state index in [9.17, 15) is 8.42 Å². The molecule has 0 amide bonds. The zero-order chi connectivity index (χ0) is 30.6. The van der Waals surface area contributed by atoms with Gasteiger partial charge in [0, 0.05) is 60.7 Å². The van der Waals surface area contributed by atoms with Crippen LogP contribution in [0.4, 0.5) is 11.4 Å². The molecule has 1 fully saturated rings. The number of anilines is 2. The van der Waals surface area contributed by atoms with E-state index >= 15 is 0 Å². The molecule has 7 nitrogen and oxygen atoms in total. The number of hydrogen-bond donors (Lipinski definition) is 0. The van der Waals surface area contributed by atoms with Gasteiger partial charge in [-0.2, -0.15) is 8.42 Å². The van der Waals surface area contributed by atoms with Crippen molar-refractivity contribution in [3.63, 3.8) is 0 Å². The summed E-state index contributed by atoms with van der Waals surface area (Å²) < 4.78 is 46.7. The third-order valence-electron chi connectivity index (χ3n) is 7.43. The fourth-order valence-corrected chi connectivity index (χ4v) is 10.1. The summed E-state index contributed by atoms with van der Waals surface area (Å²) in [5.41, 5.74) is 2.96. The minimum absolute atomic E-state index is 0.110. The maximum absolute atomic E-state index is 14.1. The van der Waals surface area contributed by atoms with E-state index < -0.39 is 20.4 Å². The van der Waals surface area contributed by atoms with Gasteiger partial charge in [0.15, 0.2) is 6.29 Å². The Morgan fingerprint density at radius 3 is 1.56 bits per heavy atom. The Kier molecular flexibility index (Phi) is 9.36. The minimum Gasteiger partial charge on any atom is -0.465 e. The van der Waals surface area contributed by atoms with Gasteiger partial charge in [-0.05, 0) is 115 Å². The number of ether oxygens (including phenoxy) is 2. The molecule has 43 heavy (non-hydrogen) atoms. The maximum atomic E-state index is 14.1. The van der Waals surface area contributed by atoms with Gasteiger partial charge in [-0.1, -0.05) is 17.7 Å². The molecule has 1 atom stereocenters. The monoisotopic (exact) mass is 620 g/mol. The van der Waals surface area contributed by atoms with E-state index in [2.05, 4.69) is 0 Å². The van der Waals surface area contributed by atoms with Crippen LogP contribution in [0.25, 0.3) is 0 Å². The van der Waals surface area contributed by atoms with Gasteiger partial charge in [-0.15, -0.1) is 0 Å². The highest BCUT2D eigenvalue weighted by atomic mass is 32.3. The average molecular weight is 621 g/mol. The van der Waals surface area contributed by atoms with Crippen LogP contribution in [0, 0.1) is 6.92 Å². The van der Waals surface area contributed by atoms with E-state index in [1.165, 1.54) is 0 Å². The van der Waals surface area contributed by atoms with Crippen LogP contribution in [0.2, 0.25) is 0 Å². The van der Waals surface area contributed by atoms with Crippen molar-refractivity contribution in [2.24, 2.45) is 0 Å². The first-order valence-electron chi connectivity index (χ1n) is 14.4. The van der Waals surface area contributed by atoms with Crippen molar-refractivity contribution in [3.8, 4) is 5.75 Å².